The summed E-state index contributed by atoms with van der Waals surface area (Å²) in [6, 6.07) is 8.56. The molecule has 0 spiro atoms. The van der Waals surface area contributed by atoms with Crippen molar-refractivity contribution in [3.8, 4) is 0 Å². The van der Waals surface area contributed by atoms with Gasteiger partial charge in [0.1, 0.15) is 0 Å². The minimum atomic E-state index is -0.0260. The van der Waals surface area contributed by atoms with Crippen LogP contribution in [-0.4, -0.2) is 42.4 Å². The van der Waals surface area contributed by atoms with Gasteiger partial charge in [0.25, 0.3) is 0 Å². The van der Waals surface area contributed by atoms with Crippen molar-refractivity contribution in [1.82, 2.24) is 10.2 Å². The van der Waals surface area contributed by atoms with E-state index in [2.05, 4.69) is 11.4 Å². The van der Waals surface area contributed by atoms with Crippen LogP contribution in [0.3, 0.4) is 0 Å². The van der Waals surface area contributed by atoms with Crippen LogP contribution in [-0.2, 0) is 15.0 Å². The molecule has 0 unspecified atom stereocenters. The normalized spacial score (nSPS) is 25.6. The SMILES string of the molecule is Cl.NCC1(c2cccc(Cl)c2)CCC(NCCCN2C(=O)CCC2=O)CC1. The Labute approximate surface area is 172 Å². The molecule has 27 heavy (non-hydrogen) atoms. The van der Waals surface area contributed by atoms with Gasteiger partial charge in [-0.25, -0.2) is 0 Å². The van der Waals surface area contributed by atoms with Crippen LogP contribution in [0.4, 0.5) is 0 Å². The van der Waals surface area contributed by atoms with Gasteiger partial charge in [0.2, 0.25) is 11.8 Å². The molecule has 5 nitrogen and oxygen atoms in total. The van der Waals surface area contributed by atoms with Crippen LogP contribution < -0.4 is 11.1 Å². The lowest BCUT2D eigenvalue weighted by molar-refractivity contribution is -0.138. The Morgan fingerprint density at radius 1 is 1.19 bits per heavy atom. The molecular weight excluding hydrogens is 385 g/mol. The summed E-state index contributed by atoms with van der Waals surface area (Å²) in [5, 5.41) is 4.35. The van der Waals surface area contributed by atoms with Crippen molar-refractivity contribution in [2.75, 3.05) is 19.6 Å². The fourth-order valence-corrected chi connectivity index (χ4v) is 4.41. The van der Waals surface area contributed by atoms with Crippen LogP contribution in [0.2, 0.25) is 5.02 Å². The van der Waals surface area contributed by atoms with Gasteiger partial charge >= 0.3 is 0 Å². The van der Waals surface area contributed by atoms with Gasteiger partial charge in [-0.2, -0.15) is 0 Å². The maximum atomic E-state index is 11.6. The fraction of sp³-hybridized carbons (Fsp3) is 0.600. The third-order valence-electron chi connectivity index (χ3n) is 5.92. The van der Waals surface area contributed by atoms with Gasteiger partial charge in [0, 0.05) is 42.4 Å². The molecule has 1 aromatic rings. The van der Waals surface area contributed by atoms with Gasteiger partial charge in [-0.05, 0) is 56.3 Å². The average molecular weight is 414 g/mol. The second-order valence-electron chi connectivity index (χ2n) is 7.52. The number of likely N-dealkylation sites (tertiary alicyclic amines) is 1. The molecule has 2 aliphatic rings. The number of hydrogen-bond acceptors (Lipinski definition) is 4. The topological polar surface area (TPSA) is 75.4 Å². The molecule has 1 aliphatic carbocycles. The number of halogens is 2. The summed E-state index contributed by atoms with van der Waals surface area (Å²) in [6.07, 6.45) is 5.80. The summed E-state index contributed by atoms with van der Waals surface area (Å²) in [6.45, 7) is 2.00. The summed E-state index contributed by atoms with van der Waals surface area (Å²) >= 11 is 6.17. The molecule has 0 radical (unpaired) electrons. The summed E-state index contributed by atoms with van der Waals surface area (Å²) in [4.78, 5) is 24.6. The van der Waals surface area contributed by atoms with Gasteiger partial charge in [-0.3, -0.25) is 14.5 Å². The fourth-order valence-electron chi connectivity index (χ4n) is 4.22. The van der Waals surface area contributed by atoms with Crippen LogP contribution in [0, 0.1) is 0 Å². The highest BCUT2D eigenvalue weighted by Crippen LogP contribution is 2.39. The molecule has 150 valence electrons. The number of carbonyl (C=O) groups is 2. The highest BCUT2D eigenvalue weighted by atomic mass is 35.5. The first-order chi connectivity index (χ1) is 12.5. The minimum absolute atomic E-state index is 0. The molecule has 1 saturated heterocycles. The number of nitrogens with zero attached hydrogens (tertiary/aromatic N) is 1. The molecule has 3 rings (SSSR count). The third kappa shape index (κ3) is 5.23. The lowest BCUT2D eigenvalue weighted by atomic mass is 9.68. The van der Waals surface area contributed by atoms with E-state index in [1.807, 2.05) is 18.2 Å². The van der Waals surface area contributed by atoms with Crippen LogP contribution >= 0.6 is 24.0 Å². The highest BCUT2D eigenvalue weighted by molar-refractivity contribution is 6.30. The van der Waals surface area contributed by atoms with E-state index in [0.717, 1.165) is 43.7 Å². The Bertz CT molecular complexity index is 644. The largest absolute Gasteiger partial charge is 0.330 e. The lowest BCUT2D eigenvalue weighted by Crippen LogP contribution is -2.44. The number of nitrogens with two attached hydrogens (primary N) is 1. The minimum Gasteiger partial charge on any atom is -0.330 e. The van der Waals surface area contributed by atoms with Crippen LogP contribution in [0.15, 0.2) is 24.3 Å². The van der Waals surface area contributed by atoms with Gasteiger partial charge < -0.3 is 11.1 Å². The van der Waals surface area contributed by atoms with Gasteiger partial charge in [-0.1, -0.05) is 23.7 Å². The van der Waals surface area contributed by atoms with Gasteiger partial charge in [0.15, 0.2) is 0 Å². The van der Waals surface area contributed by atoms with E-state index in [1.54, 1.807) is 0 Å². The summed E-state index contributed by atoms with van der Waals surface area (Å²) < 4.78 is 0. The smallest absolute Gasteiger partial charge is 0.229 e. The number of nitrogens with one attached hydrogen (secondary N) is 1. The van der Waals surface area contributed by atoms with Crippen LogP contribution in [0.5, 0.6) is 0 Å². The summed E-state index contributed by atoms with van der Waals surface area (Å²) in [5.74, 6) is -0.0520. The first-order valence-electron chi connectivity index (χ1n) is 9.57. The van der Waals surface area contributed by atoms with Crippen molar-refractivity contribution in [3.05, 3.63) is 34.9 Å². The Morgan fingerprint density at radius 3 is 2.44 bits per heavy atom. The Kier molecular flexibility index (Phi) is 8.10. The predicted molar refractivity (Wildman–Crippen MR) is 110 cm³/mol. The molecule has 1 saturated carbocycles. The first kappa shape index (κ1) is 22.2. The van der Waals surface area contributed by atoms with Crippen LogP contribution in [0.25, 0.3) is 0 Å². The number of hydrogen-bond donors (Lipinski definition) is 2. The molecule has 3 N–H and O–H groups in total. The van der Waals surface area contributed by atoms with E-state index in [-0.39, 0.29) is 29.6 Å². The Morgan fingerprint density at radius 2 is 1.85 bits per heavy atom. The quantitative estimate of drug-likeness (QED) is 0.531. The molecule has 1 heterocycles. The number of benzene rings is 1. The van der Waals surface area contributed by atoms with E-state index < -0.39 is 0 Å². The molecule has 0 bridgehead atoms. The van der Waals surface area contributed by atoms with E-state index in [4.69, 9.17) is 17.3 Å². The van der Waals surface area contributed by atoms with Crippen molar-refractivity contribution >= 4 is 35.8 Å². The van der Waals surface area contributed by atoms with Crippen molar-refractivity contribution in [2.24, 2.45) is 5.73 Å². The van der Waals surface area contributed by atoms with E-state index in [0.29, 0.717) is 32.0 Å². The van der Waals surface area contributed by atoms with E-state index >= 15 is 0 Å². The third-order valence-corrected chi connectivity index (χ3v) is 6.15. The predicted octanol–water partition coefficient (Wildman–Crippen LogP) is 3.03. The first-order valence-corrected chi connectivity index (χ1v) is 9.94. The average Bonchev–Trinajstić information content (AvgIpc) is 2.97. The number of amides is 2. The van der Waals surface area contributed by atoms with Gasteiger partial charge in [-0.15, -0.1) is 12.4 Å². The molecule has 1 aliphatic heterocycles. The van der Waals surface area contributed by atoms with Crippen molar-refractivity contribution in [3.63, 3.8) is 0 Å². The van der Waals surface area contributed by atoms with E-state index in [1.165, 1.54) is 10.5 Å². The maximum Gasteiger partial charge on any atom is 0.229 e. The molecule has 2 fully saturated rings. The monoisotopic (exact) mass is 413 g/mol. The molecule has 1 aromatic carbocycles. The van der Waals surface area contributed by atoms with Crippen molar-refractivity contribution in [2.45, 2.75) is 56.4 Å². The Balaban J connectivity index is 0.00000261. The van der Waals surface area contributed by atoms with Gasteiger partial charge in [0.05, 0.1) is 0 Å². The molecule has 7 heteroatoms. The second kappa shape index (κ2) is 9.87. The zero-order chi connectivity index (χ0) is 18.6. The standard InChI is InChI=1S/C20H28ClN3O2.ClH/c21-16-4-1-3-15(13-16)20(14-22)9-7-17(8-10-20)23-11-2-12-24-18(25)5-6-19(24)26;/h1,3-4,13,17,23H,2,5-12,14,22H2;1H. The second-order valence-corrected chi connectivity index (χ2v) is 7.95. The summed E-state index contributed by atoms with van der Waals surface area (Å²) in [7, 11) is 0. The highest BCUT2D eigenvalue weighted by Gasteiger charge is 2.35. The van der Waals surface area contributed by atoms with Crippen LogP contribution in [0.1, 0.15) is 50.5 Å². The number of carbonyl (C=O) groups excluding carboxylic acids is 2. The molecular formula is C20H29Cl2N3O2. The van der Waals surface area contributed by atoms with Crippen molar-refractivity contribution < 1.29 is 9.59 Å². The summed E-state index contributed by atoms with van der Waals surface area (Å²) in [5.41, 5.74) is 7.42. The number of imide groups is 1. The Hall–Kier alpha value is -1.14. The zero-order valence-corrected chi connectivity index (χ0v) is 17.2. The lowest BCUT2D eigenvalue weighted by Gasteiger charge is -2.40. The maximum absolute atomic E-state index is 11.6. The molecule has 0 aromatic heterocycles. The zero-order valence-electron chi connectivity index (χ0n) is 15.6. The molecule has 2 amide bonds. The molecule has 0 atom stereocenters. The number of rotatable bonds is 7. The van der Waals surface area contributed by atoms with E-state index in [9.17, 15) is 9.59 Å². The van der Waals surface area contributed by atoms with Crippen molar-refractivity contribution in [1.29, 1.82) is 0 Å².